The van der Waals surface area contributed by atoms with E-state index in [2.05, 4.69) is 33.1 Å². The zero-order chi connectivity index (χ0) is 21.4. The van der Waals surface area contributed by atoms with Crippen molar-refractivity contribution in [2.75, 3.05) is 19.0 Å². The van der Waals surface area contributed by atoms with Gasteiger partial charge in [0.2, 0.25) is 6.10 Å². The molecule has 5 rings (SSSR count). The summed E-state index contributed by atoms with van der Waals surface area (Å²) in [6.45, 7) is 3.01. The minimum Gasteiger partial charge on any atom is -0.497 e. The first kappa shape index (κ1) is 19.0. The number of carbonyl (C=O) groups is 1. The van der Waals surface area contributed by atoms with E-state index in [1.165, 1.54) is 0 Å². The van der Waals surface area contributed by atoms with Gasteiger partial charge in [-0.05, 0) is 37.3 Å². The maximum absolute atomic E-state index is 12.7. The number of aromatic amines is 1. The number of aryl methyl sites for hydroxylation is 1. The van der Waals surface area contributed by atoms with Crippen molar-refractivity contribution in [3.05, 3.63) is 54.6 Å². The molecule has 31 heavy (non-hydrogen) atoms. The summed E-state index contributed by atoms with van der Waals surface area (Å²) >= 11 is 0. The molecule has 158 valence electrons. The van der Waals surface area contributed by atoms with Crippen LogP contribution in [0.25, 0.3) is 22.3 Å². The number of benzene rings is 2. The third-order valence-electron chi connectivity index (χ3n) is 5.33. The van der Waals surface area contributed by atoms with E-state index in [1.54, 1.807) is 13.2 Å². The van der Waals surface area contributed by atoms with Crippen LogP contribution in [-0.4, -0.2) is 40.5 Å². The molecule has 3 heterocycles. The molecule has 8 nitrogen and oxygen atoms in total. The van der Waals surface area contributed by atoms with Crippen molar-refractivity contribution in [1.29, 1.82) is 0 Å². The highest BCUT2D eigenvalue weighted by Gasteiger charge is 2.28. The molecule has 0 aliphatic carbocycles. The number of hydrogen-bond donors (Lipinski definition) is 2. The van der Waals surface area contributed by atoms with Crippen molar-refractivity contribution in [1.82, 2.24) is 14.8 Å². The van der Waals surface area contributed by atoms with Crippen LogP contribution in [0.1, 0.15) is 6.92 Å². The number of aromatic nitrogens is 3. The summed E-state index contributed by atoms with van der Waals surface area (Å²) in [6, 6.07) is 17.2. The smallest absolute Gasteiger partial charge is 0.270 e. The number of nitrogens with one attached hydrogen (secondary N) is 2. The fourth-order valence-electron chi connectivity index (χ4n) is 3.80. The fraction of sp³-hybridized carbons (Fsp3) is 0.217. The van der Waals surface area contributed by atoms with Gasteiger partial charge >= 0.3 is 0 Å². The van der Waals surface area contributed by atoms with Gasteiger partial charge in [-0.1, -0.05) is 12.1 Å². The maximum atomic E-state index is 12.7. The first-order valence-corrected chi connectivity index (χ1v) is 10.1. The molecular formula is C23H22N4O4. The number of carbonyl (C=O) groups excluding carboxylic acids is 1. The number of anilines is 1. The quantitative estimate of drug-likeness (QED) is 0.514. The second kappa shape index (κ2) is 7.71. The molecule has 1 unspecified atom stereocenters. The Morgan fingerprint density at radius 1 is 1.23 bits per heavy atom. The predicted molar refractivity (Wildman–Crippen MR) is 117 cm³/mol. The zero-order valence-corrected chi connectivity index (χ0v) is 17.2. The van der Waals surface area contributed by atoms with E-state index < -0.39 is 6.10 Å². The molecule has 0 spiro atoms. The van der Waals surface area contributed by atoms with Gasteiger partial charge in [0.15, 0.2) is 17.3 Å². The molecule has 2 aromatic carbocycles. The molecule has 2 aromatic heterocycles. The Balaban J connectivity index is 1.36. The Morgan fingerprint density at radius 2 is 2.06 bits per heavy atom. The van der Waals surface area contributed by atoms with Gasteiger partial charge in [-0.2, -0.15) is 5.10 Å². The van der Waals surface area contributed by atoms with Gasteiger partial charge in [0.1, 0.15) is 12.4 Å². The highest BCUT2D eigenvalue weighted by molar-refractivity contribution is 5.94. The van der Waals surface area contributed by atoms with Gasteiger partial charge in [-0.3, -0.25) is 9.89 Å². The van der Waals surface area contributed by atoms with E-state index in [0.29, 0.717) is 17.3 Å². The van der Waals surface area contributed by atoms with Crippen LogP contribution in [0.3, 0.4) is 0 Å². The van der Waals surface area contributed by atoms with E-state index in [1.807, 2.05) is 42.5 Å². The van der Waals surface area contributed by atoms with Crippen molar-refractivity contribution in [3.8, 4) is 28.6 Å². The van der Waals surface area contributed by atoms with E-state index in [4.69, 9.17) is 14.2 Å². The van der Waals surface area contributed by atoms with Crippen LogP contribution in [0.2, 0.25) is 0 Å². The van der Waals surface area contributed by atoms with Crippen LogP contribution < -0.4 is 19.5 Å². The van der Waals surface area contributed by atoms with Gasteiger partial charge in [0.05, 0.1) is 24.0 Å². The van der Waals surface area contributed by atoms with E-state index in [0.717, 1.165) is 34.6 Å². The second-order valence-electron chi connectivity index (χ2n) is 7.22. The molecule has 0 radical (unpaired) electrons. The molecule has 4 aromatic rings. The minimum atomic E-state index is -0.746. The topological polar surface area (TPSA) is 90.4 Å². The minimum absolute atomic E-state index is 0.145. The lowest BCUT2D eigenvalue weighted by Gasteiger charge is -2.25. The van der Waals surface area contributed by atoms with Gasteiger partial charge < -0.3 is 24.1 Å². The van der Waals surface area contributed by atoms with Crippen LogP contribution in [0.15, 0.2) is 54.6 Å². The van der Waals surface area contributed by atoms with Crippen molar-refractivity contribution in [3.63, 3.8) is 0 Å². The average molecular weight is 418 g/mol. The molecule has 1 aliphatic rings. The number of fused-ring (bicyclic) bond motifs is 2. The Bertz CT molecular complexity index is 1260. The van der Waals surface area contributed by atoms with Crippen LogP contribution in [0.4, 0.5) is 5.82 Å². The third kappa shape index (κ3) is 3.46. The van der Waals surface area contributed by atoms with Gasteiger partial charge in [-0.15, -0.1) is 0 Å². The van der Waals surface area contributed by atoms with E-state index in [9.17, 15) is 4.79 Å². The number of hydrogen-bond acceptors (Lipinski definition) is 5. The SMILES string of the molecule is CCn1c(-c2cc(NC(=O)C3COc4ccccc4O3)n[nH]2)cc2ccc(OC)cc21. The number of rotatable bonds is 5. The lowest BCUT2D eigenvalue weighted by atomic mass is 10.2. The molecule has 0 saturated heterocycles. The lowest BCUT2D eigenvalue weighted by molar-refractivity contribution is -0.125. The van der Waals surface area contributed by atoms with Crippen molar-refractivity contribution < 1.29 is 19.0 Å². The molecule has 2 N–H and O–H groups in total. The molecule has 8 heteroatoms. The van der Waals surface area contributed by atoms with Crippen LogP contribution in [0.5, 0.6) is 17.2 Å². The van der Waals surface area contributed by atoms with Crippen molar-refractivity contribution in [2.45, 2.75) is 19.6 Å². The first-order chi connectivity index (χ1) is 15.2. The van der Waals surface area contributed by atoms with Crippen molar-refractivity contribution >= 4 is 22.6 Å². The second-order valence-corrected chi connectivity index (χ2v) is 7.22. The predicted octanol–water partition coefficient (Wildman–Crippen LogP) is 3.84. The average Bonchev–Trinajstić information content (AvgIpc) is 3.42. The van der Waals surface area contributed by atoms with Crippen LogP contribution in [0, 0.1) is 0 Å². The monoisotopic (exact) mass is 418 g/mol. The largest absolute Gasteiger partial charge is 0.497 e. The molecule has 1 aliphatic heterocycles. The Labute approximate surface area is 178 Å². The van der Waals surface area contributed by atoms with Gasteiger partial charge in [0.25, 0.3) is 5.91 Å². The number of methoxy groups -OCH3 is 1. The molecule has 1 atom stereocenters. The van der Waals surface area contributed by atoms with E-state index >= 15 is 0 Å². The standard InChI is InChI=1S/C23H22N4O4/c1-3-27-17-11-15(29-2)9-8-14(17)10-18(27)16-12-22(26-25-16)24-23(28)21-13-30-19-6-4-5-7-20(19)31-21/h4-12,21H,3,13H2,1-2H3,(H2,24,25,26,28). The number of amides is 1. The third-order valence-corrected chi connectivity index (χ3v) is 5.33. The maximum Gasteiger partial charge on any atom is 0.270 e. The first-order valence-electron chi connectivity index (χ1n) is 10.1. The van der Waals surface area contributed by atoms with Crippen LogP contribution >= 0.6 is 0 Å². The lowest BCUT2D eigenvalue weighted by Crippen LogP contribution is -2.40. The molecular weight excluding hydrogens is 396 g/mol. The Hall–Kier alpha value is -3.94. The summed E-state index contributed by atoms with van der Waals surface area (Å²) in [6.07, 6.45) is -0.746. The summed E-state index contributed by atoms with van der Waals surface area (Å²) in [5, 5.41) is 11.2. The summed E-state index contributed by atoms with van der Waals surface area (Å²) in [5.41, 5.74) is 2.85. The zero-order valence-electron chi connectivity index (χ0n) is 17.2. The van der Waals surface area contributed by atoms with Gasteiger partial charge in [0, 0.05) is 24.1 Å². The normalized spacial score (nSPS) is 15.1. The highest BCUT2D eigenvalue weighted by Crippen LogP contribution is 2.32. The molecule has 0 saturated carbocycles. The fourth-order valence-corrected chi connectivity index (χ4v) is 3.80. The summed E-state index contributed by atoms with van der Waals surface area (Å²) in [5.74, 6) is 2.11. The molecule has 0 bridgehead atoms. The number of H-pyrrole nitrogens is 1. The summed E-state index contributed by atoms with van der Waals surface area (Å²) < 4.78 is 18.9. The van der Waals surface area contributed by atoms with Gasteiger partial charge in [-0.25, -0.2) is 0 Å². The Morgan fingerprint density at radius 3 is 2.87 bits per heavy atom. The molecule has 0 fully saturated rings. The highest BCUT2D eigenvalue weighted by atomic mass is 16.6. The van der Waals surface area contributed by atoms with Crippen molar-refractivity contribution in [2.24, 2.45) is 0 Å². The Kier molecular flexibility index (Phi) is 4.74. The summed E-state index contributed by atoms with van der Waals surface area (Å²) in [4.78, 5) is 12.7. The number of para-hydroxylation sites is 2. The summed E-state index contributed by atoms with van der Waals surface area (Å²) in [7, 11) is 1.66. The number of nitrogens with zero attached hydrogens (tertiary/aromatic N) is 2. The van der Waals surface area contributed by atoms with E-state index in [-0.39, 0.29) is 12.5 Å². The number of ether oxygens (including phenoxy) is 3. The van der Waals surface area contributed by atoms with Crippen LogP contribution in [-0.2, 0) is 11.3 Å². The molecule has 1 amide bonds.